The number of hydrogen-bond acceptors (Lipinski definition) is 3. The molecular weight excluding hydrogens is 216 g/mol. The lowest BCUT2D eigenvalue weighted by atomic mass is 9.97. The van der Waals surface area contributed by atoms with E-state index in [4.69, 9.17) is 9.47 Å². The fourth-order valence-electron chi connectivity index (χ4n) is 1.46. The lowest BCUT2D eigenvalue weighted by Crippen LogP contribution is -2.26. The first kappa shape index (κ1) is 13.7. The minimum Gasteiger partial charge on any atom is -0.494 e. The fraction of sp³-hybridized carbons (Fsp3) is 0.500. The van der Waals surface area contributed by atoms with Crippen molar-refractivity contribution in [2.45, 2.75) is 32.8 Å². The van der Waals surface area contributed by atoms with Crippen LogP contribution in [0.15, 0.2) is 24.3 Å². The van der Waals surface area contributed by atoms with Gasteiger partial charge in [0.25, 0.3) is 0 Å². The second-order valence-electron chi connectivity index (χ2n) is 4.52. The molecule has 94 valence electrons. The first-order valence-electron chi connectivity index (χ1n) is 5.79. The van der Waals surface area contributed by atoms with Crippen LogP contribution in [0.1, 0.15) is 37.6 Å². The van der Waals surface area contributed by atoms with Crippen LogP contribution in [-0.4, -0.2) is 25.1 Å². The van der Waals surface area contributed by atoms with E-state index in [0.717, 1.165) is 5.75 Å². The summed E-state index contributed by atoms with van der Waals surface area (Å²) < 4.78 is 10.6. The van der Waals surface area contributed by atoms with Crippen molar-refractivity contribution in [2.24, 2.45) is 0 Å². The Morgan fingerprint density at radius 1 is 1.24 bits per heavy atom. The molecule has 3 heteroatoms. The number of methoxy groups -OCH3 is 1. The largest absolute Gasteiger partial charge is 0.494 e. The van der Waals surface area contributed by atoms with Crippen LogP contribution in [0.2, 0.25) is 0 Å². The summed E-state index contributed by atoms with van der Waals surface area (Å²) in [4.78, 5) is 12.0. The summed E-state index contributed by atoms with van der Waals surface area (Å²) in [5.41, 5.74) is 0.272. The van der Waals surface area contributed by atoms with E-state index in [1.807, 2.05) is 32.9 Å². The molecule has 0 aliphatic heterocycles. The first-order chi connectivity index (χ1) is 7.98. The predicted molar refractivity (Wildman–Crippen MR) is 67.6 cm³/mol. The molecule has 17 heavy (non-hydrogen) atoms. The maximum absolute atomic E-state index is 12.0. The Kier molecular flexibility index (Phi) is 4.70. The van der Waals surface area contributed by atoms with E-state index in [1.165, 1.54) is 0 Å². The Balaban J connectivity index is 2.70. The maximum atomic E-state index is 12.0. The highest BCUT2D eigenvalue weighted by Gasteiger charge is 2.21. The van der Waals surface area contributed by atoms with Crippen molar-refractivity contribution in [3.05, 3.63) is 29.8 Å². The third-order valence-electron chi connectivity index (χ3n) is 2.63. The van der Waals surface area contributed by atoms with Gasteiger partial charge in [-0.3, -0.25) is 4.79 Å². The number of rotatable bonds is 6. The zero-order valence-corrected chi connectivity index (χ0v) is 10.9. The number of carbonyl (C=O) groups excluding carboxylic acids is 1. The standard InChI is InChI=1S/C14H20O3/c1-5-17-12-8-6-11(7-9-12)13(15)10-14(2,3)16-4/h6-9H,5,10H2,1-4H3. The van der Waals surface area contributed by atoms with Crippen LogP contribution >= 0.6 is 0 Å². The summed E-state index contributed by atoms with van der Waals surface area (Å²) in [6.45, 7) is 6.36. The normalized spacial score (nSPS) is 11.3. The molecule has 0 amide bonds. The number of ether oxygens (including phenoxy) is 2. The molecule has 1 aromatic carbocycles. The van der Waals surface area contributed by atoms with Gasteiger partial charge in [-0.15, -0.1) is 0 Å². The summed E-state index contributed by atoms with van der Waals surface area (Å²) in [7, 11) is 1.62. The molecule has 0 radical (unpaired) electrons. The predicted octanol–water partition coefficient (Wildman–Crippen LogP) is 3.08. The van der Waals surface area contributed by atoms with Crippen molar-refractivity contribution < 1.29 is 14.3 Å². The summed E-state index contributed by atoms with van der Waals surface area (Å²) in [6, 6.07) is 7.21. The minimum atomic E-state index is -0.421. The van der Waals surface area contributed by atoms with Gasteiger partial charge >= 0.3 is 0 Å². The third-order valence-corrected chi connectivity index (χ3v) is 2.63. The Bertz CT molecular complexity index is 366. The summed E-state index contributed by atoms with van der Waals surface area (Å²) >= 11 is 0. The highest BCUT2D eigenvalue weighted by molar-refractivity contribution is 5.96. The molecule has 0 aliphatic rings. The Labute approximate surface area is 103 Å². The van der Waals surface area contributed by atoms with Gasteiger partial charge in [0.15, 0.2) is 5.78 Å². The van der Waals surface area contributed by atoms with Crippen molar-refractivity contribution in [1.29, 1.82) is 0 Å². The molecular formula is C14H20O3. The van der Waals surface area contributed by atoms with Gasteiger partial charge in [-0.25, -0.2) is 0 Å². The molecule has 0 saturated carbocycles. The molecule has 0 heterocycles. The van der Waals surface area contributed by atoms with Crippen LogP contribution in [0, 0.1) is 0 Å². The van der Waals surface area contributed by atoms with Gasteiger partial charge in [0.05, 0.1) is 12.2 Å². The lowest BCUT2D eigenvalue weighted by molar-refractivity contribution is 0.0172. The van der Waals surface area contributed by atoms with Gasteiger partial charge in [-0.1, -0.05) is 0 Å². The summed E-state index contributed by atoms with van der Waals surface area (Å²) in [6.07, 6.45) is 0.373. The van der Waals surface area contributed by atoms with Crippen molar-refractivity contribution in [3.8, 4) is 5.75 Å². The lowest BCUT2D eigenvalue weighted by Gasteiger charge is -2.21. The zero-order valence-electron chi connectivity index (χ0n) is 10.9. The highest BCUT2D eigenvalue weighted by atomic mass is 16.5. The van der Waals surface area contributed by atoms with Crippen LogP contribution < -0.4 is 4.74 Å². The van der Waals surface area contributed by atoms with E-state index < -0.39 is 5.60 Å². The van der Waals surface area contributed by atoms with Crippen molar-refractivity contribution in [2.75, 3.05) is 13.7 Å². The molecule has 0 fully saturated rings. The summed E-state index contributed by atoms with van der Waals surface area (Å²) in [5, 5.41) is 0. The molecule has 0 saturated heterocycles. The Morgan fingerprint density at radius 3 is 2.29 bits per heavy atom. The molecule has 0 aliphatic carbocycles. The number of carbonyl (C=O) groups is 1. The number of ketones is 1. The molecule has 0 spiro atoms. The van der Waals surface area contributed by atoms with E-state index in [9.17, 15) is 4.79 Å². The molecule has 0 N–H and O–H groups in total. The van der Waals surface area contributed by atoms with E-state index in [2.05, 4.69) is 0 Å². The SMILES string of the molecule is CCOc1ccc(C(=O)CC(C)(C)OC)cc1. The smallest absolute Gasteiger partial charge is 0.165 e. The van der Waals surface area contributed by atoms with Crippen molar-refractivity contribution in [3.63, 3.8) is 0 Å². The zero-order chi connectivity index (χ0) is 12.9. The van der Waals surface area contributed by atoms with Crippen LogP contribution in [0.4, 0.5) is 0 Å². The van der Waals surface area contributed by atoms with Crippen LogP contribution in [0.5, 0.6) is 5.75 Å². The number of benzene rings is 1. The topological polar surface area (TPSA) is 35.5 Å². The second-order valence-corrected chi connectivity index (χ2v) is 4.52. The van der Waals surface area contributed by atoms with E-state index >= 15 is 0 Å². The molecule has 1 rings (SSSR count). The minimum absolute atomic E-state index is 0.0832. The highest BCUT2D eigenvalue weighted by Crippen LogP contribution is 2.19. The van der Waals surface area contributed by atoms with Crippen LogP contribution in [-0.2, 0) is 4.74 Å². The average Bonchev–Trinajstić information content (AvgIpc) is 2.30. The quantitative estimate of drug-likeness (QED) is 0.712. The molecule has 0 unspecified atom stereocenters. The molecule has 1 aromatic rings. The Morgan fingerprint density at radius 2 is 1.82 bits per heavy atom. The first-order valence-corrected chi connectivity index (χ1v) is 5.79. The fourth-order valence-corrected chi connectivity index (χ4v) is 1.46. The van der Waals surface area contributed by atoms with Gasteiger partial charge in [0, 0.05) is 19.1 Å². The van der Waals surface area contributed by atoms with Gasteiger partial charge in [0.2, 0.25) is 0 Å². The summed E-state index contributed by atoms with van der Waals surface area (Å²) in [5.74, 6) is 0.870. The van der Waals surface area contributed by atoms with Gasteiger partial charge in [-0.2, -0.15) is 0 Å². The number of Topliss-reactive ketones (excluding diaryl/α,β-unsaturated/α-hetero) is 1. The maximum Gasteiger partial charge on any atom is 0.165 e. The van der Waals surface area contributed by atoms with Crippen LogP contribution in [0.25, 0.3) is 0 Å². The molecule has 0 bridgehead atoms. The van der Waals surface area contributed by atoms with Crippen molar-refractivity contribution >= 4 is 5.78 Å². The Hall–Kier alpha value is -1.35. The second kappa shape index (κ2) is 5.82. The van der Waals surface area contributed by atoms with E-state index in [0.29, 0.717) is 18.6 Å². The third kappa shape index (κ3) is 4.19. The van der Waals surface area contributed by atoms with Crippen LogP contribution in [0.3, 0.4) is 0 Å². The van der Waals surface area contributed by atoms with Gasteiger partial charge in [0.1, 0.15) is 5.75 Å². The van der Waals surface area contributed by atoms with Crippen molar-refractivity contribution in [1.82, 2.24) is 0 Å². The molecule has 0 aromatic heterocycles. The molecule has 0 atom stereocenters. The van der Waals surface area contributed by atoms with Gasteiger partial charge in [-0.05, 0) is 45.0 Å². The van der Waals surface area contributed by atoms with E-state index in [-0.39, 0.29) is 5.78 Å². The number of hydrogen-bond donors (Lipinski definition) is 0. The monoisotopic (exact) mass is 236 g/mol. The average molecular weight is 236 g/mol. The van der Waals surface area contributed by atoms with Gasteiger partial charge < -0.3 is 9.47 Å². The van der Waals surface area contributed by atoms with E-state index in [1.54, 1.807) is 19.2 Å². The molecule has 3 nitrogen and oxygen atoms in total.